The molecule has 1 atom stereocenters. The lowest BCUT2D eigenvalue weighted by Gasteiger charge is -2.11. The molecule has 1 unspecified atom stereocenters. The van der Waals surface area contributed by atoms with Crippen LogP contribution in [0.1, 0.15) is 17.9 Å². The van der Waals surface area contributed by atoms with Crippen LogP contribution in [0.25, 0.3) is 0 Å². The Morgan fingerprint density at radius 1 is 1.46 bits per heavy atom. The maximum Gasteiger partial charge on any atom is 0.130 e. The van der Waals surface area contributed by atoms with Crippen LogP contribution in [0.2, 0.25) is 0 Å². The highest BCUT2D eigenvalue weighted by molar-refractivity contribution is 9.10. The van der Waals surface area contributed by atoms with Crippen molar-refractivity contribution in [2.45, 2.75) is 12.3 Å². The lowest BCUT2D eigenvalue weighted by molar-refractivity contribution is 0.470. The molecule has 0 aromatic heterocycles. The highest BCUT2D eigenvalue weighted by atomic mass is 79.9. The summed E-state index contributed by atoms with van der Waals surface area (Å²) in [4.78, 5) is 0. The zero-order valence-corrected chi connectivity index (χ0v) is 8.84. The maximum absolute atomic E-state index is 9.49. The number of rotatable bonds is 1. The Kier molecular flexibility index (Phi) is 2.56. The van der Waals surface area contributed by atoms with Gasteiger partial charge in [-0.25, -0.2) is 0 Å². The van der Waals surface area contributed by atoms with Crippen molar-refractivity contribution in [3.63, 3.8) is 0 Å². The van der Waals surface area contributed by atoms with Gasteiger partial charge < -0.3 is 10.4 Å². The molecular weight excluding hydrogens is 230 g/mol. The molecule has 2 rings (SSSR count). The molecule has 0 saturated carbocycles. The number of phenols is 1. The Hall–Kier alpha value is -0.540. The van der Waals surface area contributed by atoms with Gasteiger partial charge in [0, 0.05) is 6.54 Å². The topological polar surface area (TPSA) is 32.3 Å². The summed E-state index contributed by atoms with van der Waals surface area (Å²) in [5.74, 6) is 0.880. The molecule has 0 radical (unpaired) electrons. The van der Waals surface area contributed by atoms with E-state index >= 15 is 0 Å². The van der Waals surface area contributed by atoms with E-state index in [1.54, 1.807) is 6.07 Å². The van der Waals surface area contributed by atoms with E-state index in [0.717, 1.165) is 24.0 Å². The predicted molar refractivity (Wildman–Crippen MR) is 56.0 cm³/mol. The van der Waals surface area contributed by atoms with Crippen molar-refractivity contribution in [1.29, 1.82) is 0 Å². The predicted octanol–water partition coefficient (Wildman–Crippen LogP) is 2.23. The summed E-state index contributed by atoms with van der Waals surface area (Å²) in [6.45, 7) is 2.09. The standard InChI is InChI=1S/C10H12BrNO/c11-10-8(2-1-3-9(10)13)7-4-5-12-6-7/h1-3,7,12-13H,4-6H2. The summed E-state index contributed by atoms with van der Waals surface area (Å²) >= 11 is 3.41. The minimum absolute atomic E-state index is 0.337. The van der Waals surface area contributed by atoms with Crippen LogP contribution in [0.3, 0.4) is 0 Å². The monoisotopic (exact) mass is 241 g/mol. The first kappa shape index (κ1) is 9.03. The van der Waals surface area contributed by atoms with Crippen LogP contribution < -0.4 is 5.32 Å². The van der Waals surface area contributed by atoms with Crippen molar-refractivity contribution < 1.29 is 5.11 Å². The van der Waals surface area contributed by atoms with Gasteiger partial charge in [-0.05, 0) is 46.4 Å². The molecule has 13 heavy (non-hydrogen) atoms. The van der Waals surface area contributed by atoms with E-state index < -0.39 is 0 Å². The van der Waals surface area contributed by atoms with E-state index in [-0.39, 0.29) is 0 Å². The Morgan fingerprint density at radius 2 is 2.31 bits per heavy atom. The van der Waals surface area contributed by atoms with Gasteiger partial charge in [0.1, 0.15) is 5.75 Å². The molecule has 0 aliphatic carbocycles. The third kappa shape index (κ3) is 1.71. The maximum atomic E-state index is 9.49. The van der Waals surface area contributed by atoms with Crippen LogP contribution in [-0.2, 0) is 0 Å². The molecule has 1 aliphatic heterocycles. The van der Waals surface area contributed by atoms with E-state index in [1.807, 2.05) is 6.07 Å². The van der Waals surface area contributed by atoms with Gasteiger partial charge in [-0.1, -0.05) is 12.1 Å². The van der Waals surface area contributed by atoms with Crippen molar-refractivity contribution in [2.24, 2.45) is 0 Å². The molecule has 1 fully saturated rings. The zero-order valence-electron chi connectivity index (χ0n) is 7.26. The quantitative estimate of drug-likeness (QED) is 0.791. The number of hydrogen-bond acceptors (Lipinski definition) is 2. The van der Waals surface area contributed by atoms with Crippen LogP contribution in [0.5, 0.6) is 5.75 Å². The second-order valence-corrected chi connectivity index (χ2v) is 4.16. The third-order valence-corrected chi connectivity index (χ3v) is 3.37. The number of hydrogen-bond donors (Lipinski definition) is 2. The minimum Gasteiger partial charge on any atom is -0.507 e. The molecule has 1 aromatic carbocycles. The van der Waals surface area contributed by atoms with Crippen LogP contribution in [-0.4, -0.2) is 18.2 Å². The van der Waals surface area contributed by atoms with E-state index in [0.29, 0.717) is 11.7 Å². The van der Waals surface area contributed by atoms with Crippen LogP contribution in [0, 0.1) is 0 Å². The van der Waals surface area contributed by atoms with Gasteiger partial charge >= 0.3 is 0 Å². The van der Waals surface area contributed by atoms with Gasteiger partial charge in [0.15, 0.2) is 0 Å². The molecule has 0 spiro atoms. The summed E-state index contributed by atoms with van der Waals surface area (Å²) in [7, 11) is 0. The van der Waals surface area contributed by atoms with Crippen LogP contribution in [0.15, 0.2) is 22.7 Å². The molecule has 0 bridgehead atoms. The highest BCUT2D eigenvalue weighted by Crippen LogP contribution is 2.34. The molecule has 2 nitrogen and oxygen atoms in total. The Balaban J connectivity index is 2.33. The van der Waals surface area contributed by atoms with E-state index in [9.17, 15) is 5.11 Å². The second-order valence-electron chi connectivity index (χ2n) is 3.37. The van der Waals surface area contributed by atoms with Crippen molar-refractivity contribution in [1.82, 2.24) is 5.32 Å². The van der Waals surface area contributed by atoms with Gasteiger partial charge in [0.2, 0.25) is 0 Å². The van der Waals surface area contributed by atoms with E-state index in [1.165, 1.54) is 5.56 Å². The summed E-state index contributed by atoms with van der Waals surface area (Å²) in [5.41, 5.74) is 1.21. The zero-order chi connectivity index (χ0) is 9.26. The van der Waals surface area contributed by atoms with E-state index in [2.05, 4.69) is 27.3 Å². The highest BCUT2D eigenvalue weighted by Gasteiger charge is 2.19. The molecule has 3 heteroatoms. The number of aromatic hydroxyl groups is 1. The lowest BCUT2D eigenvalue weighted by Crippen LogP contribution is -2.08. The lowest BCUT2D eigenvalue weighted by atomic mass is 9.98. The largest absolute Gasteiger partial charge is 0.507 e. The van der Waals surface area contributed by atoms with Crippen molar-refractivity contribution in [3.8, 4) is 5.75 Å². The molecule has 1 aliphatic rings. The fourth-order valence-electron chi connectivity index (χ4n) is 1.77. The average Bonchev–Trinajstić information content (AvgIpc) is 2.62. The van der Waals surface area contributed by atoms with Crippen molar-refractivity contribution >= 4 is 15.9 Å². The Bertz CT molecular complexity index is 308. The number of benzene rings is 1. The minimum atomic E-state index is 0.337. The SMILES string of the molecule is Oc1cccc(C2CCNC2)c1Br. The normalized spacial score (nSPS) is 22.1. The molecule has 2 N–H and O–H groups in total. The van der Waals surface area contributed by atoms with Crippen LogP contribution >= 0.6 is 15.9 Å². The molecular formula is C10H12BrNO. The smallest absolute Gasteiger partial charge is 0.130 e. The molecule has 1 saturated heterocycles. The molecule has 1 aromatic rings. The van der Waals surface area contributed by atoms with Gasteiger partial charge in [0.25, 0.3) is 0 Å². The van der Waals surface area contributed by atoms with Gasteiger partial charge in [-0.15, -0.1) is 0 Å². The van der Waals surface area contributed by atoms with Gasteiger partial charge in [-0.2, -0.15) is 0 Å². The first-order valence-electron chi connectivity index (χ1n) is 4.47. The summed E-state index contributed by atoms with van der Waals surface area (Å²) in [5, 5.41) is 12.8. The average molecular weight is 242 g/mol. The second kappa shape index (κ2) is 3.68. The number of phenolic OH excluding ortho intramolecular Hbond substituents is 1. The molecule has 1 heterocycles. The first-order chi connectivity index (χ1) is 6.29. The van der Waals surface area contributed by atoms with Crippen molar-refractivity contribution in [3.05, 3.63) is 28.2 Å². The van der Waals surface area contributed by atoms with Crippen LogP contribution in [0.4, 0.5) is 0 Å². The fourth-order valence-corrected chi connectivity index (χ4v) is 2.36. The van der Waals surface area contributed by atoms with Crippen molar-refractivity contribution in [2.75, 3.05) is 13.1 Å². The van der Waals surface area contributed by atoms with Gasteiger partial charge in [0.05, 0.1) is 4.47 Å². The number of nitrogens with one attached hydrogen (secondary N) is 1. The first-order valence-corrected chi connectivity index (χ1v) is 5.26. The Morgan fingerprint density at radius 3 is 3.00 bits per heavy atom. The Labute approximate surface area is 86.1 Å². The van der Waals surface area contributed by atoms with E-state index in [4.69, 9.17) is 0 Å². The number of halogens is 1. The molecule has 70 valence electrons. The molecule has 0 amide bonds. The summed E-state index contributed by atoms with van der Waals surface area (Å²) in [6, 6.07) is 5.67. The summed E-state index contributed by atoms with van der Waals surface area (Å²) < 4.78 is 0.851. The van der Waals surface area contributed by atoms with Gasteiger partial charge in [-0.3, -0.25) is 0 Å². The fraction of sp³-hybridized carbons (Fsp3) is 0.400. The third-order valence-electron chi connectivity index (χ3n) is 2.51. The summed E-state index contributed by atoms with van der Waals surface area (Å²) in [6.07, 6.45) is 1.15.